The Balaban J connectivity index is 4.69. The van der Waals surface area contributed by atoms with E-state index in [4.69, 9.17) is 0 Å². The Morgan fingerprint density at radius 2 is 0.857 bits per heavy atom. The Hall–Kier alpha value is 0.910. The third-order valence-corrected chi connectivity index (χ3v) is 13.6. The Morgan fingerprint density at radius 3 is 1.00 bits per heavy atom. The summed E-state index contributed by atoms with van der Waals surface area (Å²) in [6.45, 7) is 9.35. The van der Waals surface area contributed by atoms with E-state index >= 15 is 0 Å². The van der Waals surface area contributed by atoms with Crippen molar-refractivity contribution in [3.8, 4) is 0 Å². The maximum absolute atomic E-state index is 4.26. The summed E-state index contributed by atoms with van der Waals surface area (Å²) in [6, 6.07) is 0. The first-order valence-corrected chi connectivity index (χ1v) is 11.3. The van der Waals surface area contributed by atoms with Crippen molar-refractivity contribution in [2.75, 3.05) is 24.6 Å². The van der Waals surface area contributed by atoms with Gasteiger partial charge >= 0.3 is 98.8 Å². The zero-order valence-electron chi connectivity index (χ0n) is 10.5. The second kappa shape index (κ2) is 6.48. The zero-order valence-corrected chi connectivity index (χ0v) is 13.0. The van der Waals surface area contributed by atoms with Gasteiger partial charge in [-0.05, 0) is 0 Å². The van der Waals surface area contributed by atoms with Crippen molar-refractivity contribution in [1.82, 2.24) is 0 Å². The molecule has 0 bridgehead atoms. The van der Waals surface area contributed by atoms with E-state index in [1.165, 1.54) is 50.3 Å². The summed E-state index contributed by atoms with van der Waals surface area (Å²) < 4.78 is 0. The molecule has 0 heterocycles. The van der Waals surface area contributed by atoms with Gasteiger partial charge in [-0.2, -0.15) is 0 Å². The summed E-state index contributed by atoms with van der Waals surface area (Å²) in [6.07, 6.45) is 11.2. The summed E-state index contributed by atoms with van der Waals surface area (Å²) in [7, 11) is 0. The van der Waals surface area contributed by atoms with Crippen molar-refractivity contribution in [3.63, 3.8) is 0 Å². The molecule has 0 fully saturated rings. The van der Waals surface area contributed by atoms with E-state index in [2.05, 4.69) is 43.2 Å². The molecule has 0 amide bonds. The van der Waals surface area contributed by atoms with Gasteiger partial charge in [0.15, 0.2) is 0 Å². The van der Waals surface area contributed by atoms with Gasteiger partial charge in [0.2, 0.25) is 0 Å². The molecule has 0 aliphatic rings. The molecule has 0 nitrogen and oxygen atoms in total. The predicted octanol–water partition coefficient (Wildman–Crippen LogP) is 5.49. The second-order valence-corrected chi connectivity index (χ2v) is 16.2. The number of hydrogen-bond acceptors (Lipinski definition) is 0. The van der Waals surface area contributed by atoms with Crippen molar-refractivity contribution < 1.29 is 0 Å². The van der Waals surface area contributed by atoms with Crippen LogP contribution in [-0.2, 0) is 0 Å². The molecule has 0 aromatic heterocycles. The molecule has 2 heteroatoms. The third kappa shape index (κ3) is 4.19. The number of rotatable bonds is 8. The van der Waals surface area contributed by atoms with Gasteiger partial charge in [-0.15, -0.1) is 0 Å². The number of hydrogen-bond donors (Lipinski definition) is 0. The van der Waals surface area contributed by atoms with Crippen LogP contribution in [0, 0.1) is 0 Å². The SMILES string of the molecule is CCCP(Br)(CCC)(CCC)CCC. The molecule has 0 aliphatic heterocycles. The minimum atomic E-state index is -1.46. The molecule has 0 N–H and O–H groups in total. The fourth-order valence-electron chi connectivity index (χ4n) is 2.91. The molecule has 0 atom stereocenters. The van der Waals surface area contributed by atoms with Gasteiger partial charge in [-0.3, -0.25) is 0 Å². The van der Waals surface area contributed by atoms with Crippen LogP contribution in [0.3, 0.4) is 0 Å². The molecular formula is C12H28BrP. The number of halogens is 1. The van der Waals surface area contributed by atoms with Gasteiger partial charge in [-0.1, -0.05) is 0 Å². The monoisotopic (exact) mass is 282 g/mol. The summed E-state index contributed by atoms with van der Waals surface area (Å²) in [5.41, 5.74) is 0. The Morgan fingerprint density at radius 1 is 0.643 bits per heavy atom. The first-order chi connectivity index (χ1) is 6.54. The average molecular weight is 283 g/mol. The molecule has 0 aliphatic carbocycles. The topological polar surface area (TPSA) is 0 Å². The normalized spacial score (nSPS) is 15.1. The van der Waals surface area contributed by atoms with Gasteiger partial charge < -0.3 is 0 Å². The van der Waals surface area contributed by atoms with Crippen LogP contribution < -0.4 is 0 Å². The van der Waals surface area contributed by atoms with Crippen LogP contribution in [0.2, 0.25) is 0 Å². The van der Waals surface area contributed by atoms with E-state index in [-0.39, 0.29) is 0 Å². The van der Waals surface area contributed by atoms with Crippen molar-refractivity contribution in [2.24, 2.45) is 0 Å². The summed E-state index contributed by atoms with van der Waals surface area (Å²) in [5.74, 6) is 0. The van der Waals surface area contributed by atoms with E-state index in [1.54, 1.807) is 0 Å². The van der Waals surface area contributed by atoms with Crippen molar-refractivity contribution in [2.45, 2.75) is 53.4 Å². The fraction of sp³-hybridized carbons (Fsp3) is 1.00. The third-order valence-electron chi connectivity index (χ3n) is 3.13. The van der Waals surface area contributed by atoms with Crippen molar-refractivity contribution in [1.29, 1.82) is 0 Å². The molecule has 0 rings (SSSR count). The van der Waals surface area contributed by atoms with Gasteiger partial charge in [0.25, 0.3) is 0 Å². The summed E-state index contributed by atoms with van der Waals surface area (Å²) in [5, 5.41) is -1.46. The minimum absolute atomic E-state index is 1.35. The molecule has 14 heavy (non-hydrogen) atoms. The second-order valence-electron chi connectivity index (χ2n) is 4.71. The standard InChI is InChI=1S/C12H28BrP/c1-5-9-14(13,10-6-2,11-7-3)12-8-4/h5-12H2,1-4H3. The first-order valence-electron chi connectivity index (χ1n) is 6.26. The van der Waals surface area contributed by atoms with E-state index in [0.29, 0.717) is 0 Å². The van der Waals surface area contributed by atoms with Crippen LogP contribution in [0.5, 0.6) is 0 Å². The van der Waals surface area contributed by atoms with E-state index in [1.807, 2.05) is 0 Å². The fourth-order valence-corrected chi connectivity index (χ4v) is 13.0. The van der Waals surface area contributed by atoms with Gasteiger partial charge in [0.1, 0.15) is 0 Å². The van der Waals surface area contributed by atoms with Gasteiger partial charge in [0, 0.05) is 0 Å². The van der Waals surface area contributed by atoms with Crippen LogP contribution in [-0.4, -0.2) is 24.6 Å². The molecule has 0 saturated carbocycles. The summed E-state index contributed by atoms with van der Waals surface area (Å²) >= 11 is 4.26. The van der Waals surface area contributed by atoms with Gasteiger partial charge in [0.05, 0.1) is 0 Å². The van der Waals surface area contributed by atoms with Crippen molar-refractivity contribution >= 4 is 20.8 Å². The molecule has 0 aromatic carbocycles. The van der Waals surface area contributed by atoms with E-state index in [9.17, 15) is 0 Å². The predicted molar refractivity (Wildman–Crippen MR) is 76.5 cm³/mol. The first kappa shape index (κ1) is 14.9. The quantitative estimate of drug-likeness (QED) is 0.517. The van der Waals surface area contributed by atoms with E-state index < -0.39 is 5.31 Å². The molecule has 0 unspecified atom stereocenters. The zero-order chi connectivity index (χ0) is 11.1. The molecular weight excluding hydrogens is 255 g/mol. The maximum atomic E-state index is 4.26. The Kier molecular flexibility index (Phi) is 6.90. The van der Waals surface area contributed by atoms with Crippen LogP contribution in [0.1, 0.15) is 53.4 Å². The molecule has 0 spiro atoms. The van der Waals surface area contributed by atoms with E-state index in [0.717, 1.165) is 0 Å². The summed E-state index contributed by atoms with van der Waals surface area (Å²) in [4.78, 5) is 0. The molecule has 0 saturated heterocycles. The molecule has 0 aromatic rings. The molecule has 88 valence electrons. The Bertz CT molecular complexity index is 121. The average Bonchev–Trinajstić information content (AvgIpc) is 2.05. The van der Waals surface area contributed by atoms with Crippen LogP contribution in [0.15, 0.2) is 0 Å². The van der Waals surface area contributed by atoms with Crippen molar-refractivity contribution in [3.05, 3.63) is 0 Å². The Labute approximate surface area is 98.9 Å². The van der Waals surface area contributed by atoms with Crippen LogP contribution in [0.4, 0.5) is 0 Å². The van der Waals surface area contributed by atoms with Crippen LogP contribution >= 0.6 is 20.8 Å². The molecule has 0 radical (unpaired) electrons. The van der Waals surface area contributed by atoms with Gasteiger partial charge in [-0.25, -0.2) is 0 Å². The van der Waals surface area contributed by atoms with Crippen LogP contribution in [0.25, 0.3) is 0 Å².